The van der Waals surface area contributed by atoms with Crippen LogP contribution in [0.1, 0.15) is 56.6 Å². The molecule has 2 rings (SSSR count). The Bertz CT molecular complexity index is 417. The molecule has 1 aliphatic carbocycles. The van der Waals surface area contributed by atoms with Gasteiger partial charge >= 0.3 is 0 Å². The van der Waals surface area contributed by atoms with Crippen LogP contribution >= 0.6 is 0 Å². The monoisotopic (exact) mass is 260 g/mol. The predicted octanol–water partition coefficient (Wildman–Crippen LogP) is 3.82. The van der Waals surface area contributed by atoms with E-state index in [-0.39, 0.29) is 0 Å². The first-order valence-electron chi connectivity index (χ1n) is 7.58. The molecule has 1 aromatic rings. The van der Waals surface area contributed by atoms with Gasteiger partial charge in [-0.3, -0.25) is 0 Å². The Balaban J connectivity index is 2.25. The zero-order valence-corrected chi connectivity index (χ0v) is 12.8. The van der Waals surface area contributed by atoms with Crippen LogP contribution in [0.4, 0.5) is 5.69 Å². The van der Waals surface area contributed by atoms with Crippen LogP contribution in [0.25, 0.3) is 0 Å². The molecule has 0 bridgehead atoms. The Morgan fingerprint density at radius 2 is 1.79 bits per heavy atom. The average molecular weight is 260 g/mol. The van der Waals surface area contributed by atoms with Gasteiger partial charge in [-0.05, 0) is 49.7 Å². The number of rotatable bonds is 3. The van der Waals surface area contributed by atoms with Crippen molar-refractivity contribution < 1.29 is 0 Å². The van der Waals surface area contributed by atoms with Gasteiger partial charge in [0, 0.05) is 24.8 Å². The lowest BCUT2D eigenvalue weighted by Gasteiger charge is -2.37. The molecule has 2 N–H and O–H groups in total. The van der Waals surface area contributed by atoms with Crippen molar-refractivity contribution in [3.63, 3.8) is 0 Å². The summed E-state index contributed by atoms with van der Waals surface area (Å²) in [6.07, 6.45) is 4.78. The Kier molecular flexibility index (Phi) is 4.51. The second kappa shape index (κ2) is 5.96. The van der Waals surface area contributed by atoms with E-state index in [9.17, 15) is 0 Å². The Morgan fingerprint density at radius 3 is 2.37 bits per heavy atom. The maximum Gasteiger partial charge on any atom is 0.0431 e. The molecule has 1 aromatic carbocycles. The Morgan fingerprint density at radius 1 is 1.16 bits per heavy atom. The fourth-order valence-corrected chi connectivity index (χ4v) is 3.30. The molecule has 1 saturated carbocycles. The number of nitrogens with two attached hydrogens (primary N) is 1. The molecular formula is C17H28N2. The lowest BCUT2D eigenvalue weighted by Crippen LogP contribution is -2.39. The summed E-state index contributed by atoms with van der Waals surface area (Å²) in [6.45, 7) is 6.79. The molecule has 0 aromatic heterocycles. The van der Waals surface area contributed by atoms with E-state index in [2.05, 4.69) is 50.9 Å². The Labute approximate surface area is 118 Å². The van der Waals surface area contributed by atoms with Crippen LogP contribution in [0.5, 0.6) is 0 Å². The van der Waals surface area contributed by atoms with Crippen molar-refractivity contribution in [2.75, 3.05) is 11.9 Å². The van der Waals surface area contributed by atoms with Gasteiger partial charge in [-0.15, -0.1) is 0 Å². The van der Waals surface area contributed by atoms with Crippen LogP contribution in [0.15, 0.2) is 18.2 Å². The van der Waals surface area contributed by atoms with Crippen molar-refractivity contribution in [2.45, 2.75) is 64.5 Å². The number of benzene rings is 1. The van der Waals surface area contributed by atoms with Crippen LogP contribution in [0.3, 0.4) is 0 Å². The van der Waals surface area contributed by atoms with Crippen LogP contribution in [0, 0.1) is 6.92 Å². The molecule has 0 spiro atoms. The second-order valence-electron chi connectivity index (χ2n) is 6.35. The molecule has 106 valence electrons. The van der Waals surface area contributed by atoms with Crippen LogP contribution in [-0.4, -0.2) is 19.1 Å². The summed E-state index contributed by atoms with van der Waals surface area (Å²) in [7, 11) is 2.26. The van der Waals surface area contributed by atoms with Gasteiger partial charge in [0.2, 0.25) is 0 Å². The molecule has 0 radical (unpaired) electrons. The predicted molar refractivity (Wildman–Crippen MR) is 83.9 cm³/mol. The third-order valence-electron chi connectivity index (χ3n) is 4.53. The van der Waals surface area contributed by atoms with Gasteiger partial charge in [0.15, 0.2) is 0 Å². The molecule has 1 aliphatic rings. The van der Waals surface area contributed by atoms with Crippen molar-refractivity contribution in [2.24, 2.45) is 5.73 Å². The standard InChI is InChI=1S/C17H28N2/c1-12(2)16-7-5-6-13(3)17(16)19(4)15-10-8-14(18)9-11-15/h5-7,12,14-15H,8-11,18H2,1-4H3. The molecule has 19 heavy (non-hydrogen) atoms. The Hall–Kier alpha value is -1.02. The fourth-order valence-electron chi connectivity index (χ4n) is 3.30. The molecule has 2 nitrogen and oxygen atoms in total. The summed E-state index contributed by atoms with van der Waals surface area (Å²) in [6, 6.07) is 7.76. The quantitative estimate of drug-likeness (QED) is 0.895. The zero-order valence-electron chi connectivity index (χ0n) is 12.8. The van der Waals surface area contributed by atoms with Crippen molar-refractivity contribution in [3.8, 4) is 0 Å². The third-order valence-corrected chi connectivity index (χ3v) is 4.53. The van der Waals surface area contributed by atoms with Gasteiger partial charge < -0.3 is 10.6 Å². The van der Waals surface area contributed by atoms with Crippen LogP contribution < -0.4 is 10.6 Å². The maximum atomic E-state index is 6.03. The fraction of sp³-hybridized carbons (Fsp3) is 0.647. The summed E-state index contributed by atoms with van der Waals surface area (Å²) in [5.74, 6) is 0.572. The molecule has 0 amide bonds. The van der Waals surface area contributed by atoms with E-state index in [1.807, 2.05) is 0 Å². The SMILES string of the molecule is Cc1cccc(C(C)C)c1N(C)C1CCC(N)CC1. The average Bonchev–Trinajstić information content (AvgIpc) is 2.38. The molecule has 0 atom stereocenters. The molecular weight excluding hydrogens is 232 g/mol. The number of anilines is 1. The minimum Gasteiger partial charge on any atom is -0.371 e. The molecule has 0 heterocycles. The second-order valence-corrected chi connectivity index (χ2v) is 6.35. The lowest BCUT2D eigenvalue weighted by molar-refractivity contribution is 0.384. The minimum absolute atomic E-state index is 0.422. The van der Waals surface area contributed by atoms with Crippen molar-refractivity contribution >= 4 is 5.69 Å². The van der Waals surface area contributed by atoms with Crippen LogP contribution in [-0.2, 0) is 0 Å². The van der Waals surface area contributed by atoms with E-state index in [4.69, 9.17) is 5.73 Å². The summed E-state index contributed by atoms with van der Waals surface area (Å²) in [5, 5.41) is 0. The highest BCUT2D eigenvalue weighted by molar-refractivity contribution is 5.60. The molecule has 1 fully saturated rings. The first-order valence-corrected chi connectivity index (χ1v) is 7.58. The van der Waals surface area contributed by atoms with Gasteiger partial charge in [0.05, 0.1) is 0 Å². The molecule has 2 heteroatoms. The molecule has 0 saturated heterocycles. The number of aryl methyl sites for hydroxylation is 1. The first-order chi connectivity index (χ1) is 9.00. The van der Waals surface area contributed by atoms with E-state index in [1.165, 1.54) is 29.7 Å². The minimum atomic E-state index is 0.422. The summed E-state index contributed by atoms with van der Waals surface area (Å²) in [5.41, 5.74) is 10.3. The molecule has 0 aliphatic heterocycles. The van der Waals surface area contributed by atoms with Gasteiger partial charge in [0.1, 0.15) is 0 Å². The number of nitrogens with zero attached hydrogens (tertiary/aromatic N) is 1. The first kappa shape index (κ1) is 14.4. The van der Waals surface area contributed by atoms with E-state index in [1.54, 1.807) is 0 Å². The highest BCUT2D eigenvalue weighted by Crippen LogP contribution is 2.34. The van der Waals surface area contributed by atoms with Crippen molar-refractivity contribution in [3.05, 3.63) is 29.3 Å². The van der Waals surface area contributed by atoms with Gasteiger partial charge in [0.25, 0.3) is 0 Å². The highest BCUT2D eigenvalue weighted by atomic mass is 15.1. The van der Waals surface area contributed by atoms with Gasteiger partial charge in [-0.25, -0.2) is 0 Å². The van der Waals surface area contributed by atoms with E-state index in [0.29, 0.717) is 18.0 Å². The largest absolute Gasteiger partial charge is 0.371 e. The zero-order chi connectivity index (χ0) is 14.0. The highest BCUT2D eigenvalue weighted by Gasteiger charge is 2.24. The number of hydrogen-bond acceptors (Lipinski definition) is 2. The summed E-state index contributed by atoms with van der Waals surface area (Å²) >= 11 is 0. The smallest absolute Gasteiger partial charge is 0.0431 e. The number of para-hydroxylation sites is 1. The lowest BCUT2D eigenvalue weighted by atomic mass is 9.89. The van der Waals surface area contributed by atoms with Crippen LogP contribution in [0.2, 0.25) is 0 Å². The normalized spacial score (nSPS) is 23.7. The van der Waals surface area contributed by atoms with Crippen molar-refractivity contribution in [1.82, 2.24) is 0 Å². The van der Waals surface area contributed by atoms with E-state index in [0.717, 1.165) is 12.8 Å². The van der Waals surface area contributed by atoms with Gasteiger partial charge in [-0.2, -0.15) is 0 Å². The third kappa shape index (κ3) is 3.11. The van der Waals surface area contributed by atoms with E-state index >= 15 is 0 Å². The van der Waals surface area contributed by atoms with E-state index < -0.39 is 0 Å². The molecule has 0 unspecified atom stereocenters. The topological polar surface area (TPSA) is 29.3 Å². The summed E-state index contributed by atoms with van der Waals surface area (Å²) < 4.78 is 0. The summed E-state index contributed by atoms with van der Waals surface area (Å²) in [4.78, 5) is 2.51. The van der Waals surface area contributed by atoms with Gasteiger partial charge in [-0.1, -0.05) is 32.0 Å². The maximum absolute atomic E-state index is 6.03. The number of hydrogen-bond donors (Lipinski definition) is 1. The van der Waals surface area contributed by atoms with Crippen molar-refractivity contribution in [1.29, 1.82) is 0 Å².